The van der Waals surface area contributed by atoms with Crippen molar-refractivity contribution in [2.75, 3.05) is 11.5 Å². The molecule has 0 aliphatic rings. The molecule has 2 nitrogen and oxygen atoms in total. The Morgan fingerprint density at radius 2 is 2.38 bits per heavy atom. The van der Waals surface area contributed by atoms with E-state index in [1.54, 1.807) is 0 Å². The van der Waals surface area contributed by atoms with E-state index in [9.17, 15) is 0 Å². The smallest absolute Gasteiger partial charge is 0.0301 e. The predicted molar refractivity (Wildman–Crippen MR) is 61.4 cm³/mol. The first-order valence-corrected chi connectivity index (χ1v) is 5.98. The van der Waals surface area contributed by atoms with Crippen LogP contribution in [0, 0.1) is 12.3 Å². The molecule has 0 bridgehead atoms. The Balaban J connectivity index is 3.35. The van der Waals surface area contributed by atoms with Crippen LogP contribution in [0.5, 0.6) is 0 Å². The van der Waals surface area contributed by atoms with Gasteiger partial charge < -0.3 is 0 Å². The summed E-state index contributed by atoms with van der Waals surface area (Å²) >= 11 is 1.95. The zero-order valence-corrected chi connectivity index (χ0v) is 9.20. The van der Waals surface area contributed by atoms with E-state index in [4.69, 9.17) is 12.3 Å². The maximum atomic E-state index is 5.42. The van der Waals surface area contributed by atoms with Crippen molar-refractivity contribution in [3.05, 3.63) is 0 Å². The van der Waals surface area contributed by atoms with Gasteiger partial charge in [0.1, 0.15) is 0 Å². The van der Waals surface area contributed by atoms with Gasteiger partial charge in [-0.2, -0.15) is 11.8 Å². The zero-order chi connectivity index (χ0) is 9.94. The molecule has 0 amide bonds. The molecule has 1 unspecified atom stereocenters. The number of hydrazine groups is 1. The van der Waals surface area contributed by atoms with E-state index < -0.39 is 0 Å². The summed E-state index contributed by atoms with van der Waals surface area (Å²) in [6.07, 6.45) is 9.41. The third-order valence-corrected chi connectivity index (χ3v) is 3.11. The topological polar surface area (TPSA) is 38.0 Å². The van der Waals surface area contributed by atoms with Crippen LogP contribution in [0.3, 0.4) is 0 Å². The maximum absolute atomic E-state index is 5.42. The van der Waals surface area contributed by atoms with Crippen molar-refractivity contribution in [2.45, 2.75) is 38.6 Å². The lowest BCUT2D eigenvalue weighted by molar-refractivity contribution is 0.524. The molecule has 0 aliphatic heterocycles. The fraction of sp³-hybridized carbons (Fsp3) is 0.800. The summed E-state index contributed by atoms with van der Waals surface area (Å²) in [7, 11) is 0. The van der Waals surface area contributed by atoms with Gasteiger partial charge in [0.2, 0.25) is 0 Å². The van der Waals surface area contributed by atoms with Gasteiger partial charge in [-0.25, -0.2) is 0 Å². The Morgan fingerprint density at radius 1 is 1.62 bits per heavy atom. The maximum Gasteiger partial charge on any atom is 0.0301 e. The number of nitrogens with one attached hydrogen (secondary N) is 1. The minimum atomic E-state index is 0.421. The molecule has 0 aromatic carbocycles. The lowest BCUT2D eigenvalue weighted by Gasteiger charge is -2.14. The van der Waals surface area contributed by atoms with Crippen molar-refractivity contribution in [1.82, 2.24) is 5.43 Å². The summed E-state index contributed by atoms with van der Waals surface area (Å²) in [5.41, 5.74) is 2.83. The largest absolute Gasteiger partial charge is 0.271 e. The standard InChI is InChI=1S/C10H20N2S/c1-3-5-6-7-10(12-11)9-13-8-4-2/h1,10,12H,4-9,11H2,2H3. The number of hydrogen-bond donors (Lipinski definition) is 2. The van der Waals surface area contributed by atoms with Gasteiger partial charge in [-0.15, -0.1) is 12.3 Å². The third-order valence-electron chi connectivity index (χ3n) is 1.78. The van der Waals surface area contributed by atoms with Gasteiger partial charge in [-0.1, -0.05) is 6.92 Å². The van der Waals surface area contributed by atoms with E-state index in [0.29, 0.717) is 6.04 Å². The number of terminal acetylenes is 1. The molecule has 3 N–H and O–H groups in total. The van der Waals surface area contributed by atoms with Crippen molar-refractivity contribution >= 4 is 11.8 Å². The Hall–Kier alpha value is -0.170. The molecular formula is C10H20N2S. The fourth-order valence-electron chi connectivity index (χ4n) is 1.04. The number of thioether (sulfide) groups is 1. The van der Waals surface area contributed by atoms with Crippen LogP contribution >= 0.6 is 11.8 Å². The molecule has 1 atom stereocenters. The number of hydrogen-bond acceptors (Lipinski definition) is 3. The quantitative estimate of drug-likeness (QED) is 0.271. The highest BCUT2D eigenvalue weighted by Crippen LogP contribution is 2.08. The molecule has 0 spiro atoms. The summed E-state index contributed by atoms with van der Waals surface area (Å²) < 4.78 is 0. The molecule has 0 saturated carbocycles. The van der Waals surface area contributed by atoms with Crippen molar-refractivity contribution in [2.24, 2.45) is 5.84 Å². The first kappa shape index (κ1) is 12.8. The monoisotopic (exact) mass is 200 g/mol. The molecule has 0 aliphatic carbocycles. The molecule has 76 valence electrons. The average molecular weight is 200 g/mol. The van der Waals surface area contributed by atoms with Gasteiger partial charge in [0, 0.05) is 18.2 Å². The van der Waals surface area contributed by atoms with E-state index in [2.05, 4.69) is 18.3 Å². The molecule has 13 heavy (non-hydrogen) atoms. The second kappa shape index (κ2) is 9.91. The van der Waals surface area contributed by atoms with Crippen molar-refractivity contribution in [3.8, 4) is 12.3 Å². The minimum Gasteiger partial charge on any atom is -0.271 e. The third kappa shape index (κ3) is 8.17. The predicted octanol–water partition coefficient (Wildman–Crippen LogP) is 1.76. The van der Waals surface area contributed by atoms with Crippen LogP contribution in [0.1, 0.15) is 32.6 Å². The lowest BCUT2D eigenvalue weighted by Crippen LogP contribution is -2.37. The summed E-state index contributed by atoms with van der Waals surface area (Å²) in [5, 5.41) is 0. The Kier molecular flexibility index (Phi) is 9.78. The van der Waals surface area contributed by atoms with E-state index in [1.165, 1.54) is 12.2 Å². The first-order chi connectivity index (χ1) is 6.35. The second-order valence-electron chi connectivity index (χ2n) is 3.03. The fourth-order valence-corrected chi connectivity index (χ4v) is 2.04. The van der Waals surface area contributed by atoms with Gasteiger partial charge in [0.15, 0.2) is 0 Å². The number of rotatable bonds is 8. The van der Waals surface area contributed by atoms with E-state index >= 15 is 0 Å². The molecular weight excluding hydrogens is 180 g/mol. The van der Waals surface area contributed by atoms with Gasteiger partial charge in [-0.05, 0) is 25.0 Å². The Bertz CT molecular complexity index is 142. The molecule has 0 heterocycles. The molecule has 0 aromatic heterocycles. The summed E-state index contributed by atoms with van der Waals surface area (Å²) in [4.78, 5) is 0. The summed E-state index contributed by atoms with van der Waals surface area (Å²) in [6, 6.07) is 0.421. The van der Waals surface area contributed by atoms with Crippen molar-refractivity contribution in [1.29, 1.82) is 0 Å². The summed E-state index contributed by atoms with van der Waals surface area (Å²) in [6.45, 7) is 2.19. The molecule has 0 rings (SSSR count). The Labute approximate surface area is 86.0 Å². The summed E-state index contributed by atoms with van der Waals surface area (Å²) in [5.74, 6) is 10.4. The van der Waals surface area contributed by atoms with Gasteiger partial charge in [0.05, 0.1) is 0 Å². The van der Waals surface area contributed by atoms with Crippen LogP contribution in [0.4, 0.5) is 0 Å². The number of nitrogens with two attached hydrogens (primary N) is 1. The van der Waals surface area contributed by atoms with Crippen LogP contribution in [-0.2, 0) is 0 Å². The van der Waals surface area contributed by atoms with Gasteiger partial charge in [-0.3, -0.25) is 11.3 Å². The van der Waals surface area contributed by atoms with E-state index in [1.807, 2.05) is 11.8 Å². The van der Waals surface area contributed by atoms with Crippen LogP contribution in [-0.4, -0.2) is 17.5 Å². The van der Waals surface area contributed by atoms with E-state index in [-0.39, 0.29) is 0 Å². The van der Waals surface area contributed by atoms with Gasteiger partial charge in [0.25, 0.3) is 0 Å². The normalized spacial score (nSPS) is 12.4. The lowest BCUT2D eigenvalue weighted by atomic mass is 10.1. The molecule has 0 radical (unpaired) electrons. The Morgan fingerprint density at radius 3 is 2.92 bits per heavy atom. The molecule has 0 aromatic rings. The average Bonchev–Trinajstić information content (AvgIpc) is 2.16. The zero-order valence-electron chi connectivity index (χ0n) is 8.38. The minimum absolute atomic E-state index is 0.421. The molecule has 0 saturated heterocycles. The van der Waals surface area contributed by atoms with Crippen molar-refractivity contribution < 1.29 is 0 Å². The highest BCUT2D eigenvalue weighted by Gasteiger charge is 2.04. The molecule has 3 heteroatoms. The van der Waals surface area contributed by atoms with Crippen LogP contribution in [0.15, 0.2) is 0 Å². The van der Waals surface area contributed by atoms with Gasteiger partial charge >= 0.3 is 0 Å². The molecule has 0 fully saturated rings. The van der Waals surface area contributed by atoms with E-state index in [0.717, 1.165) is 25.0 Å². The highest BCUT2D eigenvalue weighted by molar-refractivity contribution is 7.99. The van der Waals surface area contributed by atoms with Crippen LogP contribution < -0.4 is 11.3 Å². The number of unbranched alkanes of at least 4 members (excludes halogenated alkanes) is 1. The SMILES string of the molecule is C#CCCCC(CSCCC)NN. The van der Waals surface area contributed by atoms with Crippen LogP contribution in [0.25, 0.3) is 0 Å². The highest BCUT2D eigenvalue weighted by atomic mass is 32.2. The second-order valence-corrected chi connectivity index (χ2v) is 4.18. The van der Waals surface area contributed by atoms with Crippen LogP contribution in [0.2, 0.25) is 0 Å². The van der Waals surface area contributed by atoms with Crippen molar-refractivity contribution in [3.63, 3.8) is 0 Å². The first-order valence-electron chi connectivity index (χ1n) is 4.82.